The lowest BCUT2D eigenvalue weighted by Gasteiger charge is -2.24. The third kappa shape index (κ3) is 5.77. The van der Waals surface area contributed by atoms with E-state index in [0.717, 1.165) is 49.0 Å². The SMILES string of the molecule is Cc1cccc(N(CC(=O)NCC[NH+]2CCOCC2)S(C)(=O)=O)c1. The van der Waals surface area contributed by atoms with Gasteiger partial charge in [0.05, 0.1) is 38.2 Å². The fourth-order valence-electron chi connectivity index (χ4n) is 2.66. The summed E-state index contributed by atoms with van der Waals surface area (Å²) in [6.45, 7) is 6.40. The van der Waals surface area contributed by atoms with E-state index in [-0.39, 0.29) is 12.5 Å². The Bertz CT molecular complexity index is 657. The third-order valence-electron chi connectivity index (χ3n) is 3.98. The van der Waals surface area contributed by atoms with Crippen LogP contribution in [0.25, 0.3) is 0 Å². The maximum absolute atomic E-state index is 12.1. The Labute approximate surface area is 143 Å². The molecule has 8 heteroatoms. The largest absolute Gasteiger partial charge is 0.370 e. The minimum atomic E-state index is -3.52. The molecule has 7 nitrogen and oxygen atoms in total. The predicted octanol–water partition coefficient (Wildman–Crippen LogP) is -1.21. The summed E-state index contributed by atoms with van der Waals surface area (Å²) >= 11 is 0. The smallest absolute Gasteiger partial charge is 0.240 e. The summed E-state index contributed by atoms with van der Waals surface area (Å²) in [5, 5.41) is 2.81. The summed E-state index contributed by atoms with van der Waals surface area (Å²) < 4.78 is 30.5. The van der Waals surface area contributed by atoms with E-state index in [1.807, 2.05) is 13.0 Å². The second-order valence-electron chi connectivity index (χ2n) is 6.07. The number of ether oxygens (including phenoxy) is 1. The number of aryl methyl sites for hydroxylation is 1. The summed E-state index contributed by atoms with van der Waals surface area (Å²) in [7, 11) is -3.52. The maximum Gasteiger partial charge on any atom is 0.240 e. The molecular formula is C16H26N3O4S+. The molecule has 0 unspecified atom stereocenters. The number of morpholine rings is 1. The highest BCUT2D eigenvalue weighted by Crippen LogP contribution is 2.18. The summed E-state index contributed by atoms with van der Waals surface area (Å²) in [5.74, 6) is -0.297. The minimum Gasteiger partial charge on any atom is -0.370 e. The zero-order valence-corrected chi connectivity index (χ0v) is 15.1. The Morgan fingerprint density at radius 1 is 1.33 bits per heavy atom. The Balaban J connectivity index is 1.90. The molecule has 0 spiro atoms. The fraction of sp³-hybridized carbons (Fsp3) is 0.562. The normalized spacial score (nSPS) is 15.9. The van der Waals surface area contributed by atoms with Crippen LogP contribution in [-0.4, -0.2) is 66.5 Å². The number of amides is 1. The minimum absolute atomic E-state index is 0.208. The molecule has 0 aliphatic carbocycles. The molecule has 1 amide bonds. The first-order valence-corrected chi connectivity index (χ1v) is 9.93. The second-order valence-corrected chi connectivity index (χ2v) is 7.98. The average molecular weight is 356 g/mol. The van der Waals surface area contributed by atoms with E-state index in [9.17, 15) is 13.2 Å². The van der Waals surface area contributed by atoms with Gasteiger partial charge in [-0.1, -0.05) is 12.1 Å². The van der Waals surface area contributed by atoms with Crippen LogP contribution in [0.5, 0.6) is 0 Å². The number of rotatable bonds is 7. The van der Waals surface area contributed by atoms with Gasteiger partial charge in [-0.25, -0.2) is 8.42 Å². The monoisotopic (exact) mass is 356 g/mol. The second kappa shape index (κ2) is 8.46. The molecule has 1 aliphatic heterocycles. The molecule has 0 bridgehead atoms. The van der Waals surface area contributed by atoms with Gasteiger partial charge in [0.1, 0.15) is 19.6 Å². The maximum atomic E-state index is 12.1. The number of sulfonamides is 1. The van der Waals surface area contributed by atoms with Crippen molar-refractivity contribution in [3.63, 3.8) is 0 Å². The van der Waals surface area contributed by atoms with Crippen LogP contribution in [0, 0.1) is 6.92 Å². The van der Waals surface area contributed by atoms with Crippen molar-refractivity contribution in [3.05, 3.63) is 29.8 Å². The van der Waals surface area contributed by atoms with Crippen molar-refractivity contribution in [1.82, 2.24) is 5.32 Å². The first-order chi connectivity index (χ1) is 11.4. The number of benzene rings is 1. The van der Waals surface area contributed by atoms with Gasteiger partial charge in [0.2, 0.25) is 15.9 Å². The van der Waals surface area contributed by atoms with Crippen LogP contribution in [0.3, 0.4) is 0 Å². The van der Waals surface area contributed by atoms with E-state index in [2.05, 4.69) is 5.32 Å². The molecule has 0 saturated carbocycles. The topological polar surface area (TPSA) is 80.2 Å². The number of carbonyl (C=O) groups excluding carboxylic acids is 1. The number of hydrogen-bond acceptors (Lipinski definition) is 4. The molecule has 24 heavy (non-hydrogen) atoms. The number of nitrogens with zero attached hydrogens (tertiary/aromatic N) is 1. The summed E-state index contributed by atoms with van der Waals surface area (Å²) in [6, 6.07) is 7.11. The lowest BCUT2D eigenvalue weighted by atomic mass is 10.2. The van der Waals surface area contributed by atoms with Gasteiger partial charge >= 0.3 is 0 Å². The summed E-state index contributed by atoms with van der Waals surface area (Å²) in [4.78, 5) is 13.5. The number of hydrogen-bond donors (Lipinski definition) is 2. The summed E-state index contributed by atoms with van der Waals surface area (Å²) in [5.41, 5.74) is 1.45. The molecule has 2 N–H and O–H groups in total. The highest BCUT2D eigenvalue weighted by molar-refractivity contribution is 7.92. The summed E-state index contributed by atoms with van der Waals surface area (Å²) in [6.07, 6.45) is 1.11. The van der Waals surface area contributed by atoms with Crippen LogP contribution in [0.2, 0.25) is 0 Å². The van der Waals surface area contributed by atoms with E-state index in [4.69, 9.17) is 4.74 Å². The molecule has 1 fully saturated rings. The first kappa shape index (κ1) is 18.7. The van der Waals surface area contributed by atoms with Gasteiger partial charge in [0.25, 0.3) is 0 Å². The number of nitrogens with one attached hydrogen (secondary N) is 2. The highest BCUT2D eigenvalue weighted by Gasteiger charge is 2.21. The van der Waals surface area contributed by atoms with E-state index in [1.165, 1.54) is 4.90 Å². The molecule has 2 rings (SSSR count). The zero-order chi connectivity index (χ0) is 17.6. The molecule has 134 valence electrons. The van der Waals surface area contributed by atoms with E-state index < -0.39 is 10.0 Å². The average Bonchev–Trinajstić information content (AvgIpc) is 2.52. The van der Waals surface area contributed by atoms with E-state index in [0.29, 0.717) is 12.2 Å². The van der Waals surface area contributed by atoms with Crippen molar-refractivity contribution >= 4 is 21.6 Å². The molecule has 1 heterocycles. The van der Waals surface area contributed by atoms with Crippen molar-refractivity contribution in [2.24, 2.45) is 0 Å². The Hall–Kier alpha value is -1.64. The molecule has 1 saturated heterocycles. The van der Waals surface area contributed by atoms with Crippen LogP contribution in [-0.2, 0) is 19.6 Å². The van der Waals surface area contributed by atoms with Crippen molar-refractivity contribution in [2.75, 3.05) is 56.5 Å². The van der Waals surface area contributed by atoms with Gasteiger partial charge in [-0.05, 0) is 24.6 Å². The molecule has 0 atom stereocenters. The van der Waals surface area contributed by atoms with Gasteiger partial charge in [0, 0.05) is 0 Å². The van der Waals surface area contributed by atoms with Crippen LogP contribution >= 0.6 is 0 Å². The van der Waals surface area contributed by atoms with Gasteiger partial charge in [-0.3, -0.25) is 9.10 Å². The molecule has 0 radical (unpaired) electrons. The molecular weight excluding hydrogens is 330 g/mol. The van der Waals surface area contributed by atoms with Crippen LogP contribution in [0.15, 0.2) is 24.3 Å². The van der Waals surface area contributed by atoms with Crippen LogP contribution in [0.4, 0.5) is 5.69 Å². The fourth-order valence-corrected chi connectivity index (χ4v) is 3.51. The van der Waals surface area contributed by atoms with Crippen molar-refractivity contribution in [1.29, 1.82) is 0 Å². The molecule has 0 aromatic heterocycles. The van der Waals surface area contributed by atoms with Gasteiger partial charge < -0.3 is 15.0 Å². The molecule has 1 aliphatic rings. The Morgan fingerprint density at radius 3 is 2.67 bits per heavy atom. The predicted molar refractivity (Wildman–Crippen MR) is 92.8 cm³/mol. The Kier molecular flexibility index (Phi) is 6.59. The Morgan fingerprint density at radius 2 is 2.04 bits per heavy atom. The van der Waals surface area contributed by atoms with Crippen LogP contribution in [0.1, 0.15) is 5.56 Å². The lowest BCUT2D eigenvalue weighted by Crippen LogP contribution is -3.14. The van der Waals surface area contributed by atoms with Gasteiger partial charge in [0.15, 0.2) is 0 Å². The first-order valence-electron chi connectivity index (χ1n) is 8.08. The number of quaternary nitrogens is 1. The van der Waals surface area contributed by atoms with Gasteiger partial charge in [-0.15, -0.1) is 0 Å². The lowest BCUT2D eigenvalue weighted by molar-refractivity contribution is -0.906. The van der Waals surface area contributed by atoms with E-state index in [1.54, 1.807) is 18.2 Å². The van der Waals surface area contributed by atoms with Crippen molar-refractivity contribution in [3.8, 4) is 0 Å². The number of carbonyl (C=O) groups is 1. The van der Waals surface area contributed by atoms with Crippen molar-refractivity contribution in [2.45, 2.75) is 6.92 Å². The third-order valence-corrected chi connectivity index (χ3v) is 5.12. The van der Waals surface area contributed by atoms with Crippen molar-refractivity contribution < 1.29 is 22.8 Å². The quantitative estimate of drug-likeness (QED) is 0.643. The zero-order valence-electron chi connectivity index (χ0n) is 14.2. The van der Waals surface area contributed by atoms with Gasteiger partial charge in [-0.2, -0.15) is 0 Å². The van der Waals surface area contributed by atoms with E-state index >= 15 is 0 Å². The highest BCUT2D eigenvalue weighted by atomic mass is 32.2. The standard InChI is InChI=1S/C16H25N3O4S/c1-14-4-3-5-15(12-14)19(24(2,21)22)13-16(20)17-6-7-18-8-10-23-11-9-18/h3-5,12H,6-11,13H2,1-2H3,(H,17,20)/p+1. The molecule has 1 aromatic rings. The number of anilines is 1. The molecule has 1 aromatic carbocycles. The van der Waals surface area contributed by atoms with Crippen LogP contribution < -0.4 is 14.5 Å².